The zero-order valence-electron chi connectivity index (χ0n) is 17.8. The lowest BCUT2D eigenvalue weighted by atomic mass is 10.1. The maximum atomic E-state index is 13.5. The van der Waals surface area contributed by atoms with Crippen LogP contribution in [0.25, 0.3) is 0 Å². The summed E-state index contributed by atoms with van der Waals surface area (Å²) in [4.78, 5) is 6.81. The molecule has 0 spiro atoms. The Morgan fingerprint density at radius 2 is 1.72 bits per heavy atom. The minimum atomic E-state index is -3.71. The van der Waals surface area contributed by atoms with Gasteiger partial charge >= 0.3 is 0 Å². The molecule has 0 amide bonds. The normalized spacial score (nSPS) is 15.0. The van der Waals surface area contributed by atoms with E-state index in [0.29, 0.717) is 32.6 Å². The van der Waals surface area contributed by atoms with Gasteiger partial charge in [0.15, 0.2) is 5.13 Å². The van der Waals surface area contributed by atoms with Gasteiger partial charge in [0.05, 0.1) is 24.8 Å². The molecule has 1 saturated heterocycles. The van der Waals surface area contributed by atoms with E-state index in [4.69, 9.17) is 14.5 Å². The van der Waals surface area contributed by atoms with E-state index < -0.39 is 15.8 Å². The molecule has 7 nitrogen and oxygen atoms in total. The maximum Gasteiger partial charge on any atom is 0.243 e. The molecular weight excluding hydrogens is 453 g/mol. The molecule has 2 aromatic carbocycles. The number of anilines is 1. The monoisotopic (exact) mass is 477 g/mol. The molecule has 0 aliphatic carbocycles. The molecule has 0 saturated carbocycles. The van der Waals surface area contributed by atoms with Gasteiger partial charge in [-0.25, -0.2) is 17.8 Å². The fourth-order valence-electron chi connectivity index (χ4n) is 3.60. The Morgan fingerprint density at radius 1 is 1.03 bits per heavy atom. The first-order valence-electron chi connectivity index (χ1n) is 10.1. The van der Waals surface area contributed by atoms with Crippen molar-refractivity contribution in [1.82, 2.24) is 9.29 Å². The van der Waals surface area contributed by atoms with Gasteiger partial charge in [0.1, 0.15) is 17.3 Å². The van der Waals surface area contributed by atoms with Gasteiger partial charge in [0.25, 0.3) is 0 Å². The lowest BCUT2D eigenvalue weighted by Gasteiger charge is -2.33. The molecule has 0 atom stereocenters. The third kappa shape index (κ3) is 4.87. The minimum absolute atomic E-state index is 0.0174. The van der Waals surface area contributed by atoms with Crippen LogP contribution < -0.4 is 14.4 Å². The van der Waals surface area contributed by atoms with E-state index in [1.807, 2.05) is 23.6 Å². The standard InChI is InChI=1S/C22H24FN3O4S2/c1-29-19-11-16(12-20(14-19)30-2)10-18-15-31-22(24-18)25-6-8-26(9-7-25)32(27,28)21-5-3-4-17(23)13-21/h3-5,11-15H,6-10H2,1-2H3. The molecule has 1 aliphatic heterocycles. The van der Waals surface area contributed by atoms with Crippen LogP contribution in [0, 0.1) is 5.82 Å². The molecule has 0 bridgehead atoms. The summed E-state index contributed by atoms with van der Waals surface area (Å²) in [6.45, 7) is 1.69. The number of sulfonamides is 1. The van der Waals surface area contributed by atoms with Crippen LogP contribution in [0.5, 0.6) is 11.5 Å². The van der Waals surface area contributed by atoms with Crippen molar-refractivity contribution in [1.29, 1.82) is 0 Å². The van der Waals surface area contributed by atoms with Crippen LogP contribution >= 0.6 is 11.3 Å². The summed E-state index contributed by atoms with van der Waals surface area (Å²) in [6.07, 6.45) is 0.637. The van der Waals surface area contributed by atoms with Crippen LogP contribution in [0.1, 0.15) is 11.3 Å². The van der Waals surface area contributed by atoms with E-state index in [9.17, 15) is 12.8 Å². The van der Waals surface area contributed by atoms with Gasteiger partial charge in [0, 0.05) is 44.0 Å². The Bertz CT molecular complexity index is 1170. The zero-order valence-corrected chi connectivity index (χ0v) is 19.5. The zero-order chi connectivity index (χ0) is 22.7. The Morgan fingerprint density at radius 3 is 2.34 bits per heavy atom. The second-order valence-corrected chi connectivity index (χ2v) is 10.1. The summed E-state index contributed by atoms with van der Waals surface area (Å²) in [5, 5.41) is 2.87. The van der Waals surface area contributed by atoms with Gasteiger partial charge in [-0.3, -0.25) is 0 Å². The van der Waals surface area contributed by atoms with E-state index in [-0.39, 0.29) is 4.90 Å². The number of nitrogens with zero attached hydrogens (tertiary/aromatic N) is 3. The molecule has 170 valence electrons. The van der Waals surface area contributed by atoms with Crippen molar-refractivity contribution in [2.24, 2.45) is 0 Å². The first-order valence-corrected chi connectivity index (χ1v) is 12.4. The predicted molar refractivity (Wildman–Crippen MR) is 122 cm³/mol. The van der Waals surface area contributed by atoms with Crippen LogP contribution in [0.2, 0.25) is 0 Å². The summed E-state index contributed by atoms with van der Waals surface area (Å²) in [5.74, 6) is 0.893. The Labute approximate surface area is 191 Å². The smallest absolute Gasteiger partial charge is 0.243 e. The second-order valence-electron chi connectivity index (χ2n) is 7.37. The first-order chi connectivity index (χ1) is 15.4. The van der Waals surface area contributed by atoms with Gasteiger partial charge in [-0.2, -0.15) is 4.31 Å². The van der Waals surface area contributed by atoms with Gasteiger partial charge in [-0.1, -0.05) is 6.07 Å². The quantitative estimate of drug-likeness (QED) is 0.520. The van der Waals surface area contributed by atoms with Gasteiger partial charge in [0.2, 0.25) is 10.0 Å². The number of hydrogen-bond acceptors (Lipinski definition) is 7. The summed E-state index contributed by atoms with van der Waals surface area (Å²) in [6, 6.07) is 10.9. The van der Waals surface area contributed by atoms with Crippen molar-refractivity contribution in [3.63, 3.8) is 0 Å². The predicted octanol–water partition coefficient (Wildman–Crippen LogP) is 3.40. The highest BCUT2D eigenvalue weighted by molar-refractivity contribution is 7.89. The summed E-state index contributed by atoms with van der Waals surface area (Å²) < 4.78 is 51.1. The molecule has 1 aromatic heterocycles. The molecule has 0 N–H and O–H groups in total. The number of thiazole rings is 1. The van der Waals surface area contributed by atoms with E-state index >= 15 is 0 Å². The summed E-state index contributed by atoms with van der Waals surface area (Å²) >= 11 is 1.54. The number of ether oxygens (including phenoxy) is 2. The van der Waals surface area contributed by atoms with Crippen LogP contribution in [0.15, 0.2) is 52.7 Å². The summed E-state index contributed by atoms with van der Waals surface area (Å²) in [5.41, 5.74) is 1.96. The average Bonchev–Trinajstić information content (AvgIpc) is 3.27. The number of benzene rings is 2. The van der Waals surface area contributed by atoms with Gasteiger partial charge in [-0.05, 0) is 35.9 Å². The van der Waals surface area contributed by atoms with Crippen molar-refractivity contribution in [2.45, 2.75) is 11.3 Å². The van der Waals surface area contributed by atoms with E-state index in [2.05, 4.69) is 4.90 Å². The first kappa shape index (κ1) is 22.5. The number of methoxy groups -OCH3 is 2. The largest absolute Gasteiger partial charge is 0.497 e. The van der Waals surface area contributed by atoms with E-state index in [1.165, 1.54) is 33.8 Å². The highest BCUT2D eigenvalue weighted by Crippen LogP contribution is 2.28. The average molecular weight is 478 g/mol. The molecule has 0 radical (unpaired) electrons. The van der Waals surface area contributed by atoms with Crippen molar-refractivity contribution < 1.29 is 22.3 Å². The number of rotatable bonds is 7. The number of halogens is 1. The van der Waals surface area contributed by atoms with E-state index in [0.717, 1.165) is 34.0 Å². The van der Waals surface area contributed by atoms with Crippen LogP contribution in [0.4, 0.5) is 9.52 Å². The number of aromatic nitrogens is 1. The lowest BCUT2D eigenvalue weighted by molar-refractivity contribution is 0.384. The molecule has 3 aromatic rings. The lowest BCUT2D eigenvalue weighted by Crippen LogP contribution is -2.48. The van der Waals surface area contributed by atoms with Crippen LogP contribution in [-0.4, -0.2) is 58.1 Å². The molecule has 4 rings (SSSR count). The van der Waals surface area contributed by atoms with Crippen molar-refractivity contribution >= 4 is 26.5 Å². The second kappa shape index (κ2) is 9.43. The van der Waals surface area contributed by atoms with Gasteiger partial charge < -0.3 is 14.4 Å². The SMILES string of the molecule is COc1cc(Cc2csc(N3CCN(S(=O)(=O)c4cccc(F)c4)CC3)n2)cc(OC)c1. The minimum Gasteiger partial charge on any atom is -0.497 e. The highest BCUT2D eigenvalue weighted by Gasteiger charge is 2.29. The molecule has 2 heterocycles. The third-order valence-electron chi connectivity index (χ3n) is 5.28. The van der Waals surface area contributed by atoms with Crippen molar-refractivity contribution in [2.75, 3.05) is 45.3 Å². The van der Waals surface area contributed by atoms with Crippen LogP contribution in [0.3, 0.4) is 0 Å². The number of hydrogen-bond donors (Lipinski definition) is 0. The number of piperazine rings is 1. The highest BCUT2D eigenvalue weighted by atomic mass is 32.2. The Hall–Kier alpha value is -2.69. The van der Waals surface area contributed by atoms with Gasteiger partial charge in [-0.15, -0.1) is 11.3 Å². The van der Waals surface area contributed by atoms with Crippen LogP contribution in [-0.2, 0) is 16.4 Å². The fourth-order valence-corrected chi connectivity index (χ4v) is 5.93. The van der Waals surface area contributed by atoms with Crippen molar-refractivity contribution in [3.05, 3.63) is 64.9 Å². The topological polar surface area (TPSA) is 72.0 Å². The Kier molecular flexibility index (Phi) is 6.63. The third-order valence-corrected chi connectivity index (χ3v) is 8.12. The molecule has 1 aliphatic rings. The maximum absolute atomic E-state index is 13.5. The fraction of sp³-hybridized carbons (Fsp3) is 0.318. The molecule has 32 heavy (non-hydrogen) atoms. The molecule has 0 unspecified atom stereocenters. The van der Waals surface area contributed by atoms with Crippen molar-refractivity contribution in [3.8, 4) is 11.5 Å². The van der Waals surface area contributed by atoms with E-state index in [1.54, 1.807) is 14.2 Å². The molecular formula is C22H24FN3O4S2. The molecule has 10 heteroatoms. The molecule has 1 fully saturated rings. The summed E-state index contributed by atoms with van der Waals surface area (Å²) in [7, 11) is -0.476. The Balaban J connectivity index is 1.41.